The van der Waals surface area contributed by atoms with Gasteiger partial charge in [0.25, 0.3) is 5.69 Å². The van der Waals surface area contributed by atoms with E-state index in [0.29, 0.717) is 20.0 Å². The van der Waals surface area contributed by atoms with Crippen LogP contribution in [0.25, 0.3) is 10.1 Å². The first-order chi connectivity index (χ1) is 6.61. The Labute approximate surface area is 93.9 Å². The Morgan fingerprint density at radius 3 is 2.86 bits per heavy atom. The summed E-state index contributed by atoms with van der Waals surface area (Å²) >= 11 is 11.2. The molecule has 72 valence electrons. The van der Waals surface area contributed by atoms with E-state index in [0.717, 1.165) is 0 Å². The van der Waals surface area contributed by atoms with Crippen molar-refractivity contribution >= 4 is 51.3 Å². The second-order valence-electron chi connectivity index (χ2n) is 2.65. The number of hydrogen-bond donors (Lipinski definition) is 1. The van der Waals surface area contributed by atoms with E-state index in [-0.39, 0.29) is 5.69 Å². The van der Waals surface area contributed by atoms with E-state index in [1.54, 1.807) is 17.5 Å². The first-order valence-electron chi connectivity index (χ1n) is 3.64. The van der Waals surface area contributed by atoms with Crippen molar-refractivity contribution in [2.45, 2.75) is 4.90 Å². The third kappa shape index (κ3) is 1.37. The second-order valence-corrected chi connectivity index (χ2v) is 4.42. The van der Waals surface area contributed by atoms with Crippen LogP contribution in [0, 0.1) is 10.1 Å². The Balaban J connectivity index is 2.90. The zero-order chi connectivity index (χ0) is 10.3. The van der Waals surface area contributed by atoms with Gasteiger partial charge in [-0.25, -0.2) is 0 Å². The van der Waals surface area contributed by atoms with E-state index in [1.165, 1.54) is 11.3 Å². The topological polar surface area (TPSA) is 43.1 Å². The number of thiophene rings is 1. The summed E-state index contributed by atoms with van der Waals surface area (Å²) in [6.45, 7) is 0. The van der Waals surface area contributed by atoms with Crippen molar-refractivity contribution in [3.8, 4) is 0 Å². The molecule has 2 rings (SSSR count). The lowest BCUT2D eigenvalue weighted by atomic mass is 10.2. The lowest BCUT2D eigenvalue weighted by Gasteiger charge is -1.97. The van der Waals surface area contributed by atoms with Crippen LogP contribution >= 0.6 is 35.6 Å². The van der Waals surface area contributed by atoms with Crippen molar-refractivity contribution in [2.75, 3.05) is 0 Å². The van der Waals surface area contributed by atoms with E-state index in [4.69, 9.17) is 11.6 Å². The molecular formula is C8H4ClNO2S2. The maximum absolute atomic E-state index is 10.8. The standard InChI is InChI=1S/C8H4ClNO2S2/c9-5-3-14-8-4(5)1-2-6(13)7(8)10(11)12/h1-3,13H. The summed E-state index contributed by atoms with van der Waals surface area (Å²) in [6, 6.07) is 3.33. The summed E-state index contributed by atoms with van der Waals surface area (Å²) < 4.78 is 0.576. The van der Waals surface area contributed by atoms with Gasteiger partial charge < -0.3 is 0 Å². The smallest absolute Gasteiger partial charge is 0.258 e. The maximum atomic E-state index is 10.8. The van der Waals surface area contributed by atoms with Crippen LogP contribution in [0.2, 0.25) is 5.02 Å². The number of nitrogens with zero attached hydrogens (tertiary/aromatic N) is 1. The van der Waals surface area contributed by atoms with E-state index < -0.39 is 4.92 Å². The van der Waals surface area contributed by atoms with Gasteiger partial charge in [0.05, 0.1) is 14.8 Å². The summed E-state index contributed by atoms with van der Waals surface area (Å²) in [6.07, 6.45) is 0. The lowest BCUT2D eigenvalue weighted by Crippen LogP contribution is -1.89. The van der Waals surface area contributed by atoms with Gasteiger partial charge in [-0.1, -0.05) is 17.7 Å². The van der Waals surface area contributed by atoms with Crippen LogP contribution in [-0.4, -0.2) is 4.92 Å². The molecule has 0 saturated carbocycles. The van der Waals surface area contributed by atoms with Crippen LogP contribution in [-0.2, 0) is 0 Å². The molecule has 0 saturated heterocycles. The quantitative estimate of drug-likeness (QED) is 0.472. The molecule has 0 radical (unpaired) electrons. The van der Waals surface area contributed by atoms with Crippen molar-refractivity contribution in [1.29, 1.82) is 0 Å². The van der Waals surface area contributed by atoms with Gasteiger partial charge in [-0.15, -0.1) is 24.0 Å². The molecule has 0 fully saturated rings. The van der Waals surface area contributed by atoms with Gasteiger partial charge in [0.1, 0.15) is 4.70 Å². The number of fused-ring (bicyclic) bond motifs is 1. The third-order valence-electron chi connectivity index (χ3n) is 1.83. The molecule has 0 N–H and O–H groups in total. The second kappa shape index (κ2) is 3.42. The highest BCUT2D eigenvalue weighted by Gasteiger charge is 2.18. The highest BCUT2D eigenvalue weighted by Crippen LogP contribution is 2.39. The first kappa shape index (κ1) is 9.76. The SMILES string of the molecule is O=[N+]([O-])c1c(S)ccc2c(Cl)csc12. The zero-order valence-corrected chi connectivity index (χ0v) is 9.20. The number of rotatable bonds is 1. The zero-order valence-electron chi connectivity index (χ0n) is 6.73. The number of hydrogen-bond acceptors (Lipinski definition) is 4. The molecule has 0 unspecified atom stereocenters. The predicted molar refractivity (Wildman–Crippen MR) is 60.7 cm³/mol. The Morgan fingerprint density at radius 1 is 1.50 bits per heavy atom. The minimum Gasteiger partial charge on any atom is -0.258 e. The molecule has 0 bridgehead atoms. The average molecular weight is 246 g/mol. The molecule has 0 amide bonds. The lowest BCUT2D eigenvalue weighted by molar-refractivity contribution is -0.385. The molecule has 3 nitrogen and oxygen atoms in total. The Kier molecular flexibility index (Phi) is 2.38. The van der Waals surface area contributed by atoms with Crippen LogP contribution in [0.5, 0.6) is 0 Å². The van der Waals surface area contributed by atoms with E-state index in [9.17, 15) is 10.1 Å². The van der Waals surface area contributed by atoms with Crippen LogP contribution in [0.3, 0.4) is 0 Å². The Bertz CT molecular complexity index is 523. The minimum absolute atomic E-state index is 0.0303. The summed E-state index contributed by atoms with van der Waals surface area (Å²) in [5.74, 6) is 0. The van der Waals surface area contributed by atoms with Gasteiger partial charge in [0, 0.05) is 10.8 Å². The summed E-state index contributed by atoms with van der Waals surface area (Å²) in [7, 11) is 0. The maximum Gasteiger partial charge on any atom is 0.300 e. The van der Waals surface area contributed by atoms with Crippen LogP contribution in [0.1, 0.15) is 0 Å². The van der Waals surface area contributed by atoms with Crippen molar-refractivity contribution in [3.05, 3.63) is 32.6 Å². The number of thiol groups is 1. The molecule has 0 aliphatic heterocycles. The molecule has 0 spiro atoms. The van der Waals surface area contributed by atoms with Crippen molar-refractivity contribution in [1.82, 2.24) is 0 Å². The monoisotopic (exact) mass is 245 g/mol. The predicted octanol–water partition coefficient (Wildman–Crippen LogP) is 3.75. The summed E-state index contributed by atoms with van der Waals surface area (Å²) in [4.78, 5) is 10.7. The molecule has 14 heavy (non-hydrogen) atoms. The molecular weight excluding hydrogens is 242 g/mol. The van der Waals surface area contributed by atoms with Crippen LogP contribution in [0.4, 0.5) is 5.69 Å². The van der Waals surface area contributed by atoms with E-state index >= 15 is 0 Å². The van der Waals surface area contributed by atoms with Crippen molar-refractivity contribution in [3.63, 3.8) is 0 Å². The molecule has 6 heteroatoms. The summed E-state index contributed by atoms with van der Waals surface area (Å²) in [5, 5.41) is 13.7. The van der Waals surface area contributed by atoms with E-state index in [2.05, 4.69) is 12.6 Å². The van der Waals surface area contributed by atoms with Crippen LogP contribution < -0.4 is 0 Å². The Hall–Kier alpha value is -0.780. The third-order valence-corrected chi connectivity index (χ3v) is 3.64. The highest BCUT2D eigenvalue weighted by molar-refractivity contribution is 7.80. The van der Waals surface area contributed by atoms with Crippen LogP contribution in [0.15, 0.2) is 22.4 Å². The number of nitro benzene ring substituents is 1. The molecule has 0 atom stereocenters. The number of halogens is 1. The highest BCUT2D eigenvalue weighted by atomic mass is 35.5. The minimum atomic E-state index is -0.433. The van der Waals surface area contributed by atoms with Gasteiger partial charge >= 0.3 is 0 Å². The largest absolute Gasteiger partial charge is 0.300 e. The number of benzene rings is 1. The van der Waals surface area contributed by atoms with Gasteiger partial charge in [-0.3, -0.25) is 10.1 Å². The molecule has 1 aromatic heterocycles. The van der Waals surface area contributed by atoms with Gasteiger partial charge in [0.15, 0.2) is 0 Å². The summed E-state index contributed by atoms with van der Waals surface area (Å²) in [5.41, 5.74) is 0.0303. The van der Waals surface area contributed by atoms with Crippen molar-refractivity contribution in [2.24, 2.45) is 0 Å². The molecule has 0 aliphatic carbocycles. The van der Waals surface area contributed by atoms with Crippen molar-refractivity contribution < 1.29 is 4.92 Å². The van der Waals surface area contributed by atoms with Gasteiger partial charge in [-0.05, 0) is 6.07 Å². The number of nitro groups is 1. The Morgan fingerprint density at radius 2 is 2.21 bits per heavy atom. The van der Waals surface area contributed by atoms with Gasteiger partial charge in [-0.2, -0.15) is 0 Å². The first-order valence-corrected chi connectivity index (χ1v) is 5.35. The molecule has 0 aliphatic rings. The molecule has 1 aromatic carbocycles. The average Bonchev–Trinajstić information content (AvgIpc) is 2.47. The normalized spacial score (nSPS) is 10.7. The molecule has 1 heterocycles. The van der Waals surface area contributed by atoms with Gasteiger partial charge in [0.2, 0.25) is 0 Å². The fourth-order valence-corrected chi connectivity index (χ4v) is 2.86. The molecule has 2 aromatic rings. The van der Waals surface area contributed by atoms with E-state index in [1.807, 2.05) is 0 Å². The fourth-order valence-electron chi connectivity index (χ4n) is 1.22. The fraction of sp³-hybridized carbons (Fsp3) is 0.